The van der Waals surface area contributed by atoms with Crippen molar-refractivity contribution < 1.29 is 5.11 Å². The summed E-state index contributed by atoms with van der Waals surface area (Å²) in [5.74, 6) is 1.70. The predicted molar refractivity (Wildman–Crippen MR) is 107 cm³/mol. The van der Waals surface area contributed by atoms with Gasteiger partial charge in [-0.15, -0.1) is 0 Å². The average molecular weight is 386 g/mol. The normalized spacial score (nSPS) is 17.8. The molecule has 27 heavy (non-hydrogen) atoms. The highest BCUT2D eigenvalue weighted by atomic mass is 35.5. The second-order valence-electron chi connectivity index (χ2n) is 8.14. The third-order valence-electron chi connectivity index (χ3n) is 4.91. The Morgan fingerprint density at radius 2 is 2.07 bits per heavy atom. The fourth-order valence-corrected chi connectivity index (χ4v) is 3.59. The Kier molecular flexibility index (Phi) is 4.56. The Morgan fingerprint density at radius 3 is 2.74 bits per heavy atom. The Labute approximate surface area is 163 Å². The van der Waals surface area contributed by atoms with Crippen molar-refractivity contribution in [2.75, 3.05) is 18.0 Å². The number of fused-ring (bicyclic) bond motifs is 1. The van der Waals surface area contributed by atoms with Gasteiger partial charge in [0.2, 0.25) is 0 Å². The lowest BCUT2D eigenvalue weighted by Crippen LogP contribution is -2.25. The van der Waals surface area contributed by atoms with Crippen molar-refractivity contribution in [2.24, 2.45) is 0 Å². The van der Waals surface area contributed by atoms with E-state index in [4.69, 9.17) is 21.6 Å². The molecule has 1 aliphatic rings. The first kappa shape index (κ1) is 18.2. The minimum Gasteiger partial charge on any atom is -0.391 e. The minimum atomic E-state index is -0.301. The lowest BCUT2D eigenvalue weighted by Gasteiger charge is -2.23. The topological polar surface area (TPSA) is 67.1 Å². The monoisotopic (exact) mass is 385 g/mol. The molecule has 7 heteroatoms. The number of hydrogen-bond donors (Lipinski definition) is 1. The molecule has 0 spiro atoms. The highest BCUT2D eigenvalue weighted by Crippen LogP contribution is 2.31. The molecule has 1 saturated heterocycles. The van der Waals surface area contributed by atoms with Crippen molar-refractivity contribution in [3.8, 4) is 0 Å². The molecule has 3 aromatic heterocycles. The maximum absolute atomic E-state index is 9.98. The number of β-amino-alcohol motifs (C(OH)–C–C–N with tert-alkyl or cyclic N) is 1. The van der Waals surface area contributed by atoms with Crippen LogP contribution in [0, 0.1) is 0 Å². The molecule has 0 bridgehead atoms. The Hall–Kier alpha value is -2.18. The second-order valence-corrected chi connectivity index (χ2v) is 8.50. The standard InChI is InChI=1S/C20H24ClN5O/c1-20(2,3)19-23-17-15(18(24-19)26-9-6-14(27)12-26)7-10-25(17)11-13-5-4-8-22-16(13)21/h4-5,7-8,10,14,27H,6,9,11-12H2,1-3H3. The second kappa shape index (κ2) is 6.77. The van der Waals surface area contributed by atoms with Crippen molar-refractivity contribution in [2.45, 2.75) is 45.3 Å². The molecule has 4 rings (SSSR count). The largest absolute Gasteiger partial charge is 0.391 e. The molecule has 0 amide bonds. The van der Waals surface area contributed by atoms with E-state index in [1.807, 2.05) is 24.4 Å². The highest BCUT2D eigenvalue weighted by Gasteiger charge is 2.27. The first-order valence-corrected chi connectivity index (χ1v) is 9.60. The van der Waals surface area contributed by atoms with Crippen LogP contribution in [0.2, 0.25) is 5.15 Å². The van der Waals surface area contributed by atoms with Crippen LogP contribution in [0.25, 0.3) is 11.0 Å². The lowest BCUT2D eigenvalue weighted by atomic mass is 9.95. The number of aliphatic hydroxyl groups is 1. The zero-order valence-corrected chi connectivity index (χ0v) is 16.6. The minimum absolute atomic E-state index is 0.178. The van der Waals surface area contributed by atoms with E-state index < -0.39 is 0 Å². The van der Waals surface area contributed by atoms with Gasteiger partial charge in [0.25, 0.3) is 0 Å². The number of anilines is 1. The van der Waals surface area contributed by atoms with E-state index in [2.05, 4.69) is 35.2 Å². The van der Waals surface area contributed by atoms with Gasteiger partial charge < -0.3 is 14.6 Å². The van der Waals surface area contributed by atoms with Crippen LogP contribution in [-0.2, 0) is 12.0 Å². The van der Waals surface area contributed by atoms with Crippen LogP contribution in [0.15, 0.2) is 30.6 Å². The molecule has 1 aliphatic heterocycles. The molecule has 3 aromatic rings. The summed E-state index contributed by atoms with van der Waals surface area (Å²) in [7, 11) is 0. The Bertz CT molecular complexity index is 978. The van der Waals surface area contributed by atoms with Crippen LogP contribution in [0.1, 0.15) is 38.6 Å². The molecule has 1 atom stereocenters. The summed E-state index contributed by atoms with van der Waals surface area (Å²) >= 11 is 6.25. The number of rotatable bonds is 3. The van der Waals surface area contributed by atoms with Crippen LogP contribution in [0.4, 0.5) is 5.82 Å². The van der Waals surface area contributed by atoms with Crippen LogP contribution in [0.5, 0.6) is 0 Å². The summed E-state index contributed by atoms with van der Waals surface area (Å²) in [6.45, 7) is 8.34. The summed E-state index contributed by atoms with van der Waals surface area (Å²) in [5.41, 5.74) is 1.65. The van der Waals surface area contributed by atoms with E-state index >= 15 is 0 Å². The molecule has 1 N–H and O–H groups in total. The first-order chi connectivity index (χ1) is 12.8. The number of hydrogen-bond acceptors (Lipinski definition) is 5. The van der Waals surface area contributed by atoms with Crippen molar-refractivity contribution in [3.05, 3.63) is 47.1 Å². The SMILES string of the molecule is CC(C)(C)c1nc(N2CCC(O)C2)c2ccn(Cc3cccnc3Cl)c2n1. The summed E-state index contributed by atoms with van der Waals surface area (Å²) in [6, 6.07) is 5.91. The van der Waals surface area contributed by atoms with Gasteiger partial charge in [0, 0.05) is 36.5 Å². The average Bonchev–Trinajstić information content (AvgIpc) is 3.22. The van der Waals surface area contributed by atoms with Gasteiger partial charge in [-0.2, -0.15) is 0 Å². The molecular weight excluding hydrogens is 362 g/mol. The maximum atomic E-state index is 9.98. The lowest BCUT2D eigenvalue weighted by molar-refractivity contribution is 0.198. The molecule has 142 valence electrons. The quantitative estimate of drug-likeness (QED) is 0.700. The molecular formula is C20H24ClN5O. The van der Waals surface area contributed by atoms with Gasteiger partial charge in [-0.1, -0.05) is 38.4 Å². The van der Waals surface area contributed by atoms with E-state index in [1.54, 1.807) is 6.20 Å². The number of pyridine rings is 1. The van der Waals surface area contributed by atoms with Crippen LogP contribution in [0.3, 0.4) is 0 Å². The Morgan fingerprint density at radius 1 is 1.26 bits per heavy atom. The van der Waals surface area contributed by atoms with Gasteiger partial charge in [-0.25, -0.2) is 15.0 Å². The number of nitrogens with zero attached hydrogens (tertiary/aromatic N) is 5. The van der Waals surface area contributed by atoms with Gasteiger partial charge in [0.1, 0.15) is 22.4 Å². The van der Waals surface area contributed by atoms with Crippen molar-refractivity contribution in [1.29, 1.82) is 0 Å². The van der Waals surface area contributed by atoms with Gasteiger partial charge >= 0.3 is 0 Å². The van der Waals surface area contributed by atoms with Gasteiger partial charge in [0.05, 0.1) is 18.0 Å². The Balaban J connectivity index is 1.84. The molecule has 4 heterocycles. The first-order valence-electron chi connectivity index (χ1n) is 9.22. The predicted octanol–water partition coefficient (Wildman–Crippen LogP) is 3.40. The summed E-state index contributed by atoms with van der Waals surface area (Å²) in [5, 5.41) is 11.5. The van der Waals surface area contributed by atoms with E-state index in [1.165, 1.54) is 0 Å². The van der Waals surface area contributed by atoms with Crippen LogP contribution < -0.4 is 4.90 Å². The molecule has 6 nitrogen and oxygen atoms in total. The number of halogens is 1. The number of aliphatic hydroxyl groups excluding tert-OH is 1. The van der Waals surface area contributed by atoms with Crippen LogP contribution in [-0.4, -0.2) is 43.8 Å². The summed E-state index contributed by atoms with van der Waals surface area (Å²) in [6.07, 6.45) is 4.17. The maximum Gasteiger partial charge on any atom is 0.146 e. The van der Waals surface area contributed by atoms with Gasteiger partial charge in [0.15, 0.2) is 0 Å². The zero-order chi connectivity index (χ0) is 19.2. The molecule has 0 aliphatic carbocycles. The van der Waals surface area contributed by atoms with Gasteiger partial charge in [-0.05, 0) is 18.6 Å². The zero-order valence-electron chi connectivity index (χ0n) is 15.9. The van der Waals surface area contributed by atoms with E-state index in [0.717, 1.165) is 41.2 Å². The van der Waals surface area contributed by atoms with Crippen molar-refractivity contribution in [3.63, 3.8) is 0 Å². The third kappa shape index (κ3) is 3.51. The summed E-state index contributed by atoms with van der Waals surface area (Å²) in [4.78, 5) is 16.1. The highest BCUT2D eigenvalue weighted by molar-refractivity contribution is 6.30. The van der Waals surface area contributed by atoms with E-state index in [0.29, 0.717) is 18.2 Å². The fraction of sp³-hybridized carbons (Fsp3) is 0.450. The smallest absolute Gasteiger partial charge is 0.146 e. The third-order valence-corrected chi connectivity index (χ3v) is 5.25. The summed E-state index contributed by atoms with van der Waals surface area (Å²) < 4.78 is 2.09. The number of aromatic nitrogens is 4. The molecule has 1 unspecified atom stereocenters. The molecule has 0 saturated carbocycles. The van der Waals surface area contributed by atoms with Crippen molar-refractivity contribution in [1.82, 2.24) is 19.5 Å². The van der Waals surface area contributed by atoms with Crippen LogP contribution >= 0.6 is 11.6 Å². The molecule has 0 radical (unpaired) electrons. The molecule has 0 aromatic carbocycles. The van der Waals surface area contributed by atoms with Gasteiger partial charge in [-0.3, -0.25) is 0 Å². The van der Waals surface area contributed by atoms with E-state index in [9.17, 15) is 5.11 Å². The van der Waals surface area contributed by atoms with E-state index in [-0.39, 0.29) is 11.5 Å². The molecule has 1 fully saturated rings. The fourth-order valence-electron chi connectivity index (χ4n) is 3.41. The van der Waals surface area contributed by atoms with Crippen molar-refractivity contribution >= 4 is 28.5 Å².